The maximum absolute atomic E-state index is 12.4. The van der Waals surface area contributed by atoms with E-state index in [2.05, 4.69) is 11.4 Å². The summed E-state index contributed by atoms with van der Waals surface area (Å²) in [6.07, 6.45) is 5.14. The lowest BCUT2D eigenvalue weighted by Crippen LogP contribution is -2.41. The molecule has 1 N–H and O–H groups in total. The average Bonchev–Trinajstić information content (AvgIpc) is 2.91. The lowest BCUT2D eigenvalue weighted by Gasteiger charge is -2.25. The Morgan fingerprint density at radius 2 is 2.09 bits per heavy atom. The van der Waals surface area contributed by atoms with Gasteiger partial charge < -0.3 is 10.2 Å². The molecular formula is C17H24N2O3S. The second kappa shape index (κ2) is 6.51. The van der Waals surface area contributed by atoms with Crippen LogP contribution in [0.15, 0.2) is 18.2 Å². The van der Waals surface area contributed by atoms with Crippen molar-refractivity contribution in [2.45, 2.75) is 38.1 Å². The van der Waals surface area contributed by atoms with Crippen LogP contribution in [0.3, 0.4) is 0 Å². The summed E-state index contributed by atoms with van der Waals surface area (Å²) >= 11 is 0. The maximum atomic E-state index is 12.4. The normalized spacial score (nSPS) is 22.4. The summed E-state index contributed by atoms with van der Waals surface area (Å²) in [5, 5.41) is 3.26. The van der Waals surface area contributed by atoms with Crippen LogP contribution < -0.4 is 5.32 Å². The lowest BCUT2D eigenvalue weighted by molar-refractivity contribution is -0.129. The highest BCUT2D eigenvalue weighted by Gasteiger charge is 2.32. The number of nitrogens with zero attached hydrogens (tertiary/aromatic N) is 1. The van der Waals surface area contributed by atoms with Crippen molar-refractivity contribution in [1.82, 2.24) is 4.90 Å². The first-order chi connectivity index (χ1) is 11.0. The molecule has 2 aliphatic rings. The minimum Gasteiger partial charge on any atom is -0.376 e. The third-order valence-corrected chi connectivity index (χ3v) is 6.73. The number of likely N-dealkylation sites (N-methyl/N-ethyl adjacent to an activating group) is 1. The summed E-state index contributed by atoms with van der Waals surface area (Å²) in [7, 11) is -1.26. The van der Waals surface area contributed by atoms with Crippen molar-refractivity contribution in [2.24, 2.45) is 0 Å². The zero-order chi connectivity index (χ0) is 16.4. The van der Waals surface area contributed by atoms with E-state index < -0.39 is 9.84 Å². The van der Waals surface area contributed by atoms with Gasteiger partial charge in [0.15, 0.2) is 9.84 Å². The Bertz CT molecular complexity index is 700. The summed E-state index contributed by atoms with van der Waals surface area (Å²) in [6, 6.07) is 6.04. The smallest absolute Gasteiger partial charge is 0.241 e. The van der Waals surface area contributed by atoms with Gasteiger partial charge in [-0.1, -0.05) is 12.1 Å². The van der Waals surface area contributed by atoms with Gasteiger partial charge in [0.2, 0.25) is 5.91 Å². The molecule has 1 atom stereocenters. The van der Waals surface area contributed by atoms with Crippen molar-refractivity contribution in [1.29, 1.82) is 0 Å². The molecule has 1 aliphatic carbocycles. The zero-order valence-corrected chi connectivity index (χ0v) is 14.4. The molecule has 0 saturated carbocycles. The molecule has 1 aliphatic heterocycles. The van der Waals surface area contributed by atoms with E-state index in [1.54, 1.807) is 11.9 Å². The fourth-order valence-electron chi connectivity index (χ4n) is 3.53. The number of aryl methyl sites for hydroxylation is 1. The number of hydrogen-bond donors (Lipinski definition) is 1. The van der Waals surface area contributed by atoms with Gasteiger partial charge in [0.1, 0.15) is 0 Å². The number of amides is 1. The molecule has 1 unspecified atom stereocenters. The molecule has 0 aromatic heterocycles. The number of benzene rings is 1. The Labute approximate surface area is 138 Å². The van der Waals surface area contributed by atoms with Gasteiger partial charge in [-0.15, -0.1) is 0 Å². The monoisotopic (exact) mass is 336 g/mol. The van der Waals surface area contributed by atoms with Gasteiger partial charge in [0, 0.05) is 18.8 Å². The van der Waals surface area contributed by atoms with Crippen molar-refractivity contribution in [3.63, 3.8) is 0 Å². The molecule has 3 rings (SSSR count). The standard InChI is InChI=1S/C17H24N2O3S/c1-19(14-9-10-23(21,22)12-14)17(20)11-18-16-8-4-6-13-5-2-3-7-15(13)16/h4,6,8,14,18H,2-3,5,7,9-12H2,1H3. The van der Waals surface area contributed by atoms with Gasteiger partial charge in [-0.05, 0) is 49.3 Å². The molecule has 1 aromatic rings. The highest BCUT2D eigenvalue weighted by Crippen LogP contribution is 2.27. The minimum atomic E-state index is -2.97. The zero-order valence-electron chi connectivity index (χ0n) is 13.5. The number of rotatable bonds is 4. The van der Waals surface area contributed by atoms with Crippen LogP contribution in [0.1, 0.15) is 30.4 Å². The first kappa shape index (κ1) is 16.3. The van der Waals surface area contributed by atoms with Crippen LogP contribution >= 0.6 is 0 Å². The third kappa shape index (κ3) is 3.68. The Morgan fingerprint density at radius 3 is 2.83 bits per heavy atom. The Kier molecular flexibility index (Phi) is 4.62. The van der Waals surface area contributed by atoms with E-state index in [-0.39, 0.29) is 30.0 Å². The number of hydrogen-bond acceptors (Lipinski definition) is 4. The summed E-state index contributed by atoms with van der Waals surface area (Å²) in [6.45, 7) is 0.212. The summed E-state index contributed by atoms with van der Waals surface area (Å²) in [5.74, 6) is 0.228. The van der Waals surface area contributed by atoms with Crippen molar-refractivity contribution in [3.8, 4) is 0 Å². The van der Waals surface area contributed by atoms with Gasteiger partial charge in [-0.3, -0.25) is 4.79 Å². The molecule has 0 spiro atoms. The first-order valence-corrected chi connectivity index (χ1v) is 10.1. The van der Waals surface area contributed by atoms with Crippen molar-refractivity contribution in [3.05, 3.63) is 29.3 Å². The summed E-state index contributed by atoms with van der Waals surface area (Å²) < 4.78 is 23.1. The average molecular weight is 336 g/mol. The van der Waals surface area contributed by atoms with Crippen molar-refractivity contribution < 1.29 is 13.2 Å². The minimum absolute atomic E-state index is 0.0551. The van der Waals surface area contributed by atoms with E-state index in [0.29, 0.717) is 6.42 Å². The van der Waals surface area contributed by atoms with Gasteiger partial charge in [0.05, 0.1) is 18.1 Å². The highest BCUT2D eigenvalue weighted by molar-refractivity contribution is 7.91. The largest absolute Gasteiger partial charge is 0.376 e. The SMILES string of the molecule is CN(C(=O)CNc1cccc2c1CCCC2)C1CCS(=O)(=O)C1. The second-order valence-corrected chi connectivity index (χ2v) is 8.79. The maximum Gasteiger partial charge on any atom is 0.241 e. The molecule has 6 heteroatoms. The number of nitrogens with one attached hydrogen (secondary N) is 1. The molecule has 23 heavy (non-hydrogen) atoms. The number of sulfone groups is 1. The molecule has 5 nitrogen and oxygen atoms in total. The van der Waals surface area contributed by atoms with Crippen LogP contribution in [0.25, 0.3) is 0 Å². The molecule has 1 fully saturated rings. The fraction of sp³-hybridized carbons (Fsp3) is 0.588. The molecule has 1 amide bonds. The van der Waals surface area contributed by atoms with Gasteiger partial charge >= 0.3 is 0 Å². The molecule has 1 heterocycles. The van der Waals surface area contributed by atoms with Crippen molar-refractivity contribution >= 4 is 21.4 Å². The Balaban J connectivity index is 1.61. The van der Waals surface area contributed by atoms with Crippen LogP contribution in [0.4, 0.5) is 5.69 Å². The van der Waals surface area contributed by atoms with Crippen molar-refractivity contribution in [2.75, 3.05) is 30.4 Å². The van der Waals surface area contributed by atoms with E-state index >= 15 is 0 Å². The van der Waals surface area contributed by atoms with E-state index in [1.807, 2.05) is 12.1 Å². The predicted molar refractivity (Wildman–Crippen MR) is 91.4 cm³/mol. The fourth-order valence-corrected chi connectivity index (χ4v) is 5.30. The molecule has 0 radical (unpaired) electrons. The number of anilines is 1. The number of fused-ring (bicyclic) bond motifs is 1. The molecule has 1 saturated heterocycles. The summed E-state index contributed by atoms with van der Waals surface area (Å²) in [5.41, 5.74) is 3.75. The predicted octanol–water partition coefficient (Wildman–Crippen LogP) is 1.62. The second-order valence-electron chi connectivity index (χ2n) is 6.57. The molecule has 126 valence electrons. The van der Waals surface area contributed by atoms with E-state index in [0.717, 1.165) is 18.5 Å². The van der Waals surface area contributed by atoms with Gasteiger partial charge in [-0.25, -0.2) is 8.42 Å². The Morgan fingerprint density at radius 1 is 1.30 bits per heavy atom. The molecule has 1 aromatic carbocycles. The van der Waals surface area contributed by atoms with E-state index in [4.69, 9.17) is 0 Å². The molecule has 0 bridgehead atoms. The quantitative estimate of drug-likeness (QED) is 0.907. The van der Waals surface area contributed by atoms with Gasteiger partial charge in [0.25, 0.3) is 0 Å². The number of carbonyl (C=O) groups is 1. The van der Waals surface area contributed by atoms with Crippen LogP contribution in [0.2, 0.25) is 0 Å². The van der Waals surface area contributed by atoms with Gasteiger partial charge in [-0.2, -0.15) is 0 Å². The molecular weight excluding hydrogens is 312 g/mol. The van der Waals surface area contributed by atoms with E-state index in [1.165, 1.54) is 24.0 Å². The van der Waals surface area contributed by atoms with E-state index in [9.17, 15) is 13.2 Å². The van der Waals surface area contributed by atoms with Crippen LogP contribution in [-0.2, 0) is 27.5 Å². The highest BCUT2D eigenvalue weighted by atomic mass is 32.2. The Hall–Kier alpha value is -1.56. The summed E-state index contributed by atoms with van der Waals surface area (Å²) in [4.78, 5) is 13.9. The topological polar surface area (TPSA) is 66.5 Å². The van der Waals surface area contributed by atoms with Crippen LogP contribution in [-0.4, -0.2) is 50.4 Å². The third-order valence-electron chi connectivity index (χ3n) is 4.98. The van der Waals surface area contributed by atoms with Crippen LogP contribution in [0.5, 0.6) is 0 Å². The first-order valence-electron chi connectivity index (χ1n) is 8.27. The van der Waals surface area contributed by atoms with Crippen LogP contribution in [0, 0.1) is 0 Å². The number of carbonyl (C=O) groups excluding carboxylic acids is 1. The lowest BCUT2D eigenvalue weighted by atomic mass is 9.90.